The van der Waals surface area contributed by atoms with Gasteiger partial charge in [-0.2, -0.15) is 0 Å². The monoisotopic (exact) mass is 806 g/mol. The molecule has 0 radical (unpaired) electrons. The van der Waals surface area contributed by atoms with Crippen LogP contribution in [0, 0.1) is 34.6 Å². The first-order valence-corrected chi connectivity index (χ1v) is 20.6. The van der Waals surface area contributed by atoms with Gasteiger partial charge < -0.3 is 20.1 Å². The van der Waals surface area contributed by atoms with E-state index in [1.165, 1.54) is 30.5 Å². The highest BCUT2D eigenvalue weighted by Crippen LogP contribution is 2.34. The van der Waals surface area contributed by atoms with E-state index < -0.39 is 0 Å². The van der Waals surface area contributed by atoms with Crippen molar-refractivity contribution in [3.63, 3.8) is 0 Å². The first kappa shape index (κ1) is 43.0. The first-order valence-electron chi connectivity index (χ1n) is 20.6. The molecule has 7 aromatic rings. The molecule has 0 aliphatic carbocycles. The highest BCUT2D eigenvalue weighted by atomic mass is 16.5. The predicted octanol–water partition coefficient (Wildman–Crippen LogP) is 10.8. The van der Waals surface area contributed by atoms with Crippen LogP contribution in [0.4, 0.5) is 0 Å². The summed E-state index contributed by atoms with van der Waals surface area (Å²) in [6.45, 7) is 12.4. The molecule has 0 spiro atoms. The van der Waals surface area contributed by atoms with Crippen molar-refractivity contribution >= 4 is 17.0 Å². The number of aromatic hydroxyl groups is 3. The van der Waals surface area contributed by atoms with E-state index in [0.717, 1.165) is 62.8 Å². The fourth-order valence-corrected chi connectivity index (χ4v) is 6.95. The lowest BCUT2D eigenvalue weighted by Gasteiger charge is -2.12. The van der Waals surface area contributed by atoms with Gasteiger partial charge in [-0.3, -0.25) is 4.79 Å². The Bertz CT molecular complexity index is 2400. The summed E-state index contributed by atoms with van der Waals surface area (Å²) in [7, 11) is 0. The van der Waals surface area contributed by atoms with E-state index in [9.17, 15) is 20.1 Å². The van der Waals surface area contributed by atoms with Gasteiger partial charge in [0, 0.05) is 12.0 Å². The van der Waals surface area contributed by atoms with E-state index in [0.29, 0.717) is 53.7 Å². The third kappa shape index (κ3) is 10.9. The van der Waals surface area contributed by atoms with Gasteiger partial charge in [0.1, 0.15) is 34.0 Å². The number of nitrogens with zero attached hydrogens (tertiary/aromatic N) is 6. The highest BCUT2D eigenvalue weighted by molar-refractivity contribution is 5.75. The van der Waals surface area contributed by atoms with Crippen LogP contribution >= 0.6 is 0 Å². The van der Waals surface area contributed by atoms with E-state index in [1.807, 2.05) is 95.3 Å². The molecule has 2 aromatic heterocycles. The van der Waals surface area contributed by atoms with Gasteiger partial charge in [0.25, 0.3) is 0 Å². The van der Waals surface area contributed by atoms with Gasteiger partial charge in [-0.1, -0.05) is 93.1 Å². The minimum absolute atomic E-state index is 0.104. The number of phenolic OH excluding ortho intramolecular Hbond substituents is 3. The van der Waals surface area contributed by atoms with Crippen molar-refractivity contribution in [1.29, 1.82) is 0 Å². The van der Waals surface area contributed by atoms with Crippen LogP contribution in [-0.4, -0.2) is 57.8 Å². The standard InChI is InChI=1S/C25H23N3O2.C24H31N3O3/c1-14-5-8-18(17(4)11-14)23-26-24(19-9-6-15(2)12-21(19)29)28-25(27-23)20-10-7-16(3)13-22(20)30;1-3-4-5-6-7-10-15-30-23(28)14-13-19-16-18(2)24(29)22(17-19)27-25-20-11-8-9-12-21(20)26-27/h5-13,29-30H,1-4H3;8-9,11-12,16-17,29H,3-7,10,13-15H2,1-2H3. The van der Waals surface area contributed by atoms with E-state index in [1.54, 1.807) is 24.3 Å². The van der Waals surface area contributed by atoms with E-state index in [-0.39, 0.29) is 23.2 Å². The van der Waals surface area contributed by atoms with Crippen molar-refractivity contribution in [3.8, 4) is 57.1 Å². The quantitative estimate of drug-likeness (QED) is 0.0714. The number of aromatic nitrogens is 6. The van der Waals surface area contributed by atoms with Gasteiger partial charge in [0.2, 0.25) is 0 Å². The van der Waals surface area contributed by atoms with Crippen molar-refractivity contribution in [2.24, 2.45) is 0 Å². The SMILES string of the molecule is CCCCCCCCOC(=O)CCc1cc(C)c(O)c(-n2nc3ccccc3n2)c1.Cc1ccc(-c2nc(-c3ccc(C)cc3O)nc(-c3ccc(C)cc3O)n2)c(C)c1. The fourth-order valence-electron chi connectivity index (χ4n) is 6.95. The number of unbranched alkanes of at least 4 members (excludes halogenated alkanes) is 5. The van der Waals surface area contributed by atoms with Crippen molar-refractivity contribution in [2.45, 2.75) is 92.9 Å². The Morgan fingerprint density at radius 2 is 1.12 bits per heavy atom. The number of carbonyl (C=O) groups is 1. The zero-order valence-electron chi connectivity index (χ0n) is 35.4. The van der Waals surface area contributed by atoms with Crippen LogP contribution in [0.2, 0.25) is 0 Å². The van der Waals surface area contributed by atoms with Crippen LogP contribution < -0.4 is 0 Å². The molecule has 0 fully saturated rings. The smallest absolute Gasteiger partial charge is 0.306 e. The molecule has 5 aromatic carbocycles. The summed E-state index contributed by atoms with van der Waals surface area (Å²) in [6, 6.07) is 28.1. The Morgan fingerprint density at radius 3 is 1.67 bits per heavy atom. The number of hydrogen-bond acceptors (Lipinski definition) is 10. The molecule has 0 saturated carbocycles. The predicted molar refractivity (Wildman–Crippen MR) is 236 cm³/mol. The lowest BCUT2D eigenvalue weighted by molar-refractivity contribution is -0.143. The third-order valence-corrected chi connectivity index (χ3v) is 10.3. The molecule has 3 N–H and O–H groups in total. The molecule has 60 heavy (non-hydrogen) atoms. The molecule has 0 unspecified atom stereocenters. The maximum atomic E-state index is 12.1. The zero-order valence-corrected chi connectivity index (χ0v) is 35.4. The van der Waals surface area contributed by atoms with Crippen LogP contribution in [0.3, 0.4) is 0 Å². The number of fused-ring (bicyclic) bond motifs is 1. The van der Waals surface area contributed by atoms with Crippen LogP contribution in [0.1, 0.15) is 85.3 Å². The Kier molecular flexibility index (Phi) is 14.2. The van der Waals surface area contributed by atoms with Crippen LogP contribution in [0.5, 0.6) is 17.2 Å². The van der Waals surface area contributed by atoms with Gasteiger partial charge in [0.15, 0.2) is 17.5 Å². The van der Waals surface area contributed by atoms with Gasteiger partial charge >= 0.3 is 5.97 Å². The average molecular weight is 807 g/mol. The zero-order chi connectivity index (χ0) is 42.8. The molecule has 11 nitrogen and oxygen atoms in total. The summed E-state index contributed by atoms with van der Waals surface area (Å²) in [5.74, 6) is 1.37. The number of benzene rings is 5. The van der Waals surface area contributed by atoms with E-state index in [2.05, 4.69) is 38.1 Å². The Balaban J connectivity index is 0.000000201. The molecular weight excluding hydrogens is 753 g/mol. The molecular formula is C49H54N6O5. The normalized spacial score (nSPS) is 11.0. The number of ether oxygens (including phenoxy) is 1. The van der Waals surface area contributed by atoms with E-state index in [4.69, 9.17) is 4.74 Å². The molecule has 0 amide bonds. The first-order chi connectivity index (χ1) is 28.9. The Labute approximate surface area is 351 Å². The van der Waals surface area contributed by atoms with Crippen LogP contribution in [0.15, 0.2) is 91.0 Å². The number of esters is 1. The maximum absolute atomic E-state index is 12.1. The van der Waals surface area contributed by atoms with Gasteiger partial charge in [0.05, 0.1) is 17.7 Å². The number of carbonyl (C=O) groups excluding carboxylic acids is 1. The number of phenols is 3. The second kappa shape index (κ2) is 19.9. The van der Waals surface area contributed by atoms with Gasteiger partial charge in [-0.25, -0.2) is 15.0 Å². The van der Waals surface area contributed by atoms with Crippen molar-refractivity contribution in [2.75, 3.05) is 6.61 Å². The van der Waals surface area contributed by atoms with Crippen molar-refractivity contribution < 1.29 is 24.9 Å². The highest BCUT2D eigenvalue weighted by Gasteiger charge is 2.18. The molecule has 0 aliphatic heterocycles. The minimum Gasteiger partial charge on any atom is -0.507 e. The Hall–Kier alpha value is -6.62. The van der Waals surface area contributed by atoms with E-state index >= 15 is 0 Å². The lowest BCUT2D eigenvalue weighted by atomic mass is 10.0. The maximum Gasteiger partial charge on any atom is 0.306 e. The summed E-state index contributed by atoms with van der Waals surface area (Å²) in [5, 5.41) is 40.4. The van der Waals surface area contributed by atoms with Gasteiger partial charge in [-0.15, -0.1) is 15.0 Å². The average Bonchev–Trinajstić information content (AvgIpc) is 3.65. The lowest BCUT2D eigenvalue weighted by Crippen LogP contribution is -2.08. The number of aryl methyl sites for hydroxylation is 6. The molecule has 0 bridgehead atoms. The van der Waals surface area contributed by atoms with Crippen LogP contribution in [-0.2, 0) is 16.0 Å². The largest absolute Gasteiger partial charge is 0.507 e. The number of rotatable bonds is 14. The fraction of sp³-hybridized carbons (Fsp3) is 0.306. The van der Waals surface area contributed by atoms with Crippen molar-refractivity contribution in [1.82, 2.24) is 29.9 Å². The number of hydrogen-bond donors (Lipinski definition) is 3. The molecule has 0 atom stereocenters. The van der Waals surface area contributed by atoms with Gasteiger partial charge in [-0.05, 0) is 118 Å². The molecule has 11 heteroatoms. The molecule has 2 heterocycles. The van der Waals surface area contributed by atoms with Crippen LogP contribution in [0.25, 0.3) is 50.9 Å². The van der Waals surface area contributed by atoms with Crippen molar-refractivity contribution in [3.05, 3.63) is 124 Å². The minimum atomic E-state index is -0.182. The second-order valence-electron chi connectivity index (χ2n) is 15.4. The molecule has 310 valence electrons. The summed E-state index contributed by atoms with van der Waals surface area (Å²) in [4.78, 5) is 27.4. The molecule has 0 aliphatic rings. The topological polar surface area (TPSA) is 156 Å². The summed E-state index contributed by atoms with van der Waals surface area (Å²) in [6.07, 6.45) is 7.87. The summed E-state index contributed by atoms with van der Waals surface area (Å²) < 4.78 is 5.36. The second-order valence-corrected chi connectivity index (χ2v) is 15.4. The summed E-state index contributed by atoms with van der Waals surface area (Å²) in [5.41, 5.74) is 9.69. The third-order valence-electron chi connectivity index (χ3n) is 10.3. The molecule has 0 saturated heterocycles. The summed E-state index contributed by atoms with van der Waals surface area (Å²) >= 11 is 0. The molecule has 7 rings (SSSR count). The Morgan fingerprint density at radius 1 is 0.600 bits per heavy atom.